The van der Waals surface area contributed by atoms with E-state index >= 15 is 0 Å². The third-order valence-electron chi connectivity index (χ3n) is 4.56. The zero-order valence-corrected chi connectivity index (χ0v) is 16.7. The van der Waals surface area contributed by atoms with Crippen LogP contribution in [0.4, 0.5) is 0 Å². The Morgan fingerprint density at radius 3 is 1.91 bits per heavy atom. The molecule has 0 saturated heterocycles. The Labute approximate surface area is 144 Å². The van der Waals surface area contributed by atoms with Crippen LogP contribution >= 0.6 is 22.7 Å². The molecule has 1 atom stereocenters. The van der Waals surface area contributed by atoms with Gasteiger partial charge in [-0.2, -0.15) is 0 Å². The van der Waals surface area contributed by atoms with Crippen LogP contribution in [0.5, 0.6) is 0 Å². The van der Waals surface area contributed by atoms with Crippen LogP contribution in [0.15, 0.2) is 22.9 Å². The van der Waals surface area contributed by atoms with Gasteiger partial charge in [-0.05, 0) is 63.6 Å². The van der Waals surface area contributed by atoms with E-state index in [-0.39, 0.29) is 5.41 Å². The van der Waals surface area contributed by atoms with Gasteiger partial charge in [0.2, 0.25) is 0 Å². The molecule has 2 heterocycles. The van der Waals surface area contributed by atoms with E-state index in [2.05, 4.69) is 71.4 Å². The summed E-state index contributed by atoms with van der Waals surface area (Å²) in [6.45, 7) is 16.3. The van der Waals surface area contributed by atoms with Crippen LogP contribution in [0, 0.1) is 0 Å². The molecule has 0 aliphatic rings. The molecule has 0 N–H and O–H groups in total. The molecule has 0 radical (unpaired) electrons. The van der Waals surface area contributed by atoms with Crippen LogP contribution in [0.1, 0.15) is 93.5 Å². The number of hydrogen-bond donors (Lipinski definition) is 0. The first-order chi connectivity index (χ1) is 10.2. The van der Waals surface area contributed by atoms with Gasteiger partial charge in [-0.15, -0.1) is 22.7 Å². The van der Waals surface area contributed by atoms with E-state index in [1.807, 2.05) is 22.7 Å². The minimum absolute atomic E-state index is 0.239. The second-order valence-corrected chi connectivity index (χ2v) is 9.70. The van der Waals surface area contributed by atoms with Crippen molar-refractivity contribution >= 4 is 22.7 Å². The zero-order valence-electron chi connectivity index (χ0n) is 15.1. The maximum absolute atomic E-state index is 2.43. The topological polar surface area (TPSA) is 0 Å². The predicted molar refractivity (Wildman–Crippen MR) is 103 cm³/mol. The Bertz CT molecular complexity index is 599. The van der Waals surface area contributed by atoms with Crippen molar-refractivity contribution in [2.75, 3.05) is 0 Å². The van der Waals surface area contributed by atoms with Crippen LogP contribution in [-0.4, -0.2) is 0 Å². The van der Waals surface area contributed by atoms with Crippen molar-refractivity contribution in [1.29, 1.82) is 0 Å². The summed E-state index contributed by atoms with van der Waals surface area (Å²) in [6, 6.07) is 4.85. The largest absolute Gasteiger partial charge is 0.148 e. The second kappa shape index (κ2) is 6.88. The van der Waals surface area contributed by atoms with Crippen LogP contribution in [0.2, 0.25) is 0 Å². The summed E-state index contributed by atoms with van der Waals surface area (Å²) in [5, 5.41) is 4.73. The average Bonchev–Trinajstić information content (AvgIpc) is 3.08. The van der Waals surface area contributed by atoms with Crippen molar-refractivity contribution in [3.8, 4) is 0 Å². The van der Waals surface area contributed by atoms with Gasteiger partial charge in [-0.1, -0.05) is 48.5 Å². The van der Waals surface area contributed by atoms with Crippen LogP contribution in [0.3, 0.4) is 0 Å². The Morgan fingerprint density at radius 2 is 1.41 bits per heavy atom. The molecular weight excluding hydrogens is 304 g/mol. The van der Waals surface area contributed by atoms with Crippen molar-refractivity contribution < 1.29 is 0 Å². The van der Waals surface area contributed by atoms with Crippen LogP contribution in [-0.2, 0) is 5.41 Å². The molecule has 2 rings (SSSR count). The predicted octanol–water partition coefficient (Wildman–Crippen LogP) is 7.53. The smallest absolute Gasteiger partial charge is 0.00737 e. The average molecular weight is 335 g/mol. The van der Waals surface area contributed by atoms with Gasteiger partial charge in [0.05, 0.1) is 0 Å². The first kappa shape index (κ1) is 17.7. The molecule has 0 fully saturated rings. The van der Waals surface area contributed by atoms with Crippen molar-refractivity contribution in [3.63, 3.8) is 0 Å². The summed E-state index contributed by atoms with van der Waals surface area (Å²) < 4.78 is 0. The second-order valence-electron chi connectivity index (χ2n) is 7.82. The highest BCUT2D eigenvalue weighted by atomic mass is 32.1. The van der Waals surface area contributed by atoms with E-state index in [1.54, 1.807) is 0 Å². The molecule has 0 aromatic carbocycles. The minimum atomic E-state index is 0.239. The molecule has 2 heteroatoms. The lowest BCUT2D eigenvalue weighted by Crippen LogP contribution is -2.19. The SMILES string of the molecule is CC(C)c1cc(C(C)CC(C)(C)c2csc(C(C)C)c2)cs1. The summed E-state index contributed by atoms with van der Waals surface area (Å²) in [4.78, 5) is 3.02. The van der Waals surface area contributed by atoms with Gasteiger partial charge in [-0.25, -0.2) is 0 Å². The van der Waals surface area contributed by atoms with Crippen molar-refractivity contribution in [2.24, 2.45) is 0 Å². The van der Waals surface area contributed by atoms with Crippen LogP contribution < -0.4 is 0 Å². The number of rotatable bonds is 6. The van der Waals surface area contributed by atoms with Crippen molar-refractivity contribution in [2.45, 2.75) is 78.1 Å². The molecule has 0 amide bonds. The molecule has 0 spiro atoms. The van der Waals surface area contributed by atoms with Gasteiger partial charge in [0.25, 0.3) is 0 Å². The fourth-order valence-corrected chi connectivity index (χ4v) is 5.11. The Balaban J connectivity index is 2.12. The standard InChI is InChI=1S/C20H30S2/c1-13(2)18-8-16(11-21-18)15(5)10-20(6,7)17-9-19(14(3)4)22-12-17/h8-9,11-15H,10H2,1-7H3. The summed E-state index contributed by atoms with van der Waals surface area (Å²) >= 11 is 3.84. The fraction of sp³-hybridized carbons (Fsp3) is 0.600. The molecule has 0 aliphatic carbocycles. The molecule has 122 valence electrons. The van der Waals surface area contributed by atoms with Gasteiger partial charge in [0.15, 0.2) is 0 Å². The fourth-order valence-electron chi connectivity index (χ4n) is 2.94. The highest BCUT2D eigenvalue weighted by Crippen LogP contribution is 2.39. The lowest BCUT2D eigenvalue weighted by atomic mass is 9.77. The quantitative estimate of drug-likeness (QED) is 0.512. The summed E-state index contributed by atoms with van der Waals surface area (Å²) in [5.74, 6) is 1.89. The molecule has 0 aliphatic heterocycles. The first-order valence-corrected chi connectivity index (χ1v) is 10.1. The number of hydrogen-bond acceptors (Lipinski definition) is 2. The van der Waals surface area contributed by atoms with E-state index in [9.17, 15) is 0 Å². The van der Waals surface area contributed by atoms with Gasteiger partial charge >= 0.3 is 0 Å². The summed E-state index contributed by atoms with van der Waals surface area (Å²) in [7, 11) is 0. The van der Waals surface area contributed by atoms with E-state index in [1.165, 1.54) is 27.3 Å². The van der Waals surface area contributed by atoms with E-state index < -0.39 is 0 Å². The maximum Gasteiger partial charge on any atom is 0.00737 e. The normalized spacial score (nSPS) is 14.0. The minimum Gasteiger partial charge on any atom is -0.148 e. The maximum atomic E-state index is 2.43. The lowest BCUT2D eigenvalue weighted by Gasteiger charge is -2.27. The zero-order chi connectivity index (χ0) is 16.5. The molecule has 2 aromatic rings. The Kier molecular flexibility index (Phi) is 5.55. The van der Waals surface area contributed by atoms with E-state index in [0.29, 0.717) is 17.8 Å². The summed E-state index contributed by atoms with van der Waals surface area (Å²) in [6.07, 6.45) is 1.20. The highest BCUT2D eigenvalue weighted by Gasteiger charge is 2.26. The lowest BCUT2D eigenvalue weighted by molar-refractivity contribution is 0.440. The van der Waals surface area contributed by atoms with Gasteiger partial charge in [0, 0.05) is 9.75 Å². The highest BCUT2D eigenvalue weighted by molar-refractivity contribution is 7.10. The number of thiophene rings is 2. The van der Waals surface area contributed by atoms with Gasteiger partial charge < -0.3 is 0 Å². The van der Waals surface area contributed by atoms with Crippen molar-refractivity contribution in [1.82, 2.24) is 0 Å². The van der Waals surface area contributed by atoms with Gasteiger partial charge in [0.1, 0.15) is 0 Å². The first-order valence-electron chi connectivity index (χ1n) is 8.38. The molecule has 1 unspecified atom stereocenters. The molecule has 0 saturated carbocycles. The van der Waals surface area contributed by atoms with E-state index in [0.717, 1.165) is 0 Å². The van der Waals surface area contributed by atoms with Crippen LogP contribution in [0.25, 0.3) is 0 Å². The third-order valence-corrected chi connectivity index (χ3v) is 7.05. The molecular formula is C20H30S2. The van der Waals surface area contributed by atoms with Crippen molar-refractivity contribution in [3.05, 3.63) is 43.8 Å². The summed E-state index contributed by atoms with van der Waals surface area (Å²) in [5.41, 5.74) is 3.26. The molecule has 2 aromatic heterocycles. The molecule has 22 heavy (non-hydrogen) atoms. The monoisotopic (exact) mass is 334 g/mol. The van der Waals surface area contributed by atoms with E-state index in [4.69, 9.17) is 0 Å². The third kappa shape index (κ3) is 4.02. The molecule has 0 bridgehead atoms. The van der Waals surface area contributed by atoms with Gasteiger partial charge in [-0.3, -0.25) is 0 Å². The Morgan fingerprint density at radius 1 is 0.864 bits per heavy atom. The Hall–Kier alpha value is -0.600. The molecule has 0 nitrogen and oxygen atoms in total.